The van der Waals surface area contributed by atoms with Gasteiger partial charge < -0.3 is 4.74 Å². The van der Waals surface area contributed by atoms with Crippen LogP contribution < -0.4 is 0 Å². The predicted molar refractivity (Wildman–Crippen MR) is 175 cm³/mol. The van der Waals surface area contributed by atoms with Crippen LogP contribution in [0.4, 0.5) is 0 Å². The van der Waals surface area contributed by atoms with Crippen molar-refractivity contribution in [3.05, 3.63) is 0 Å². The lowest BCUT2D eigenvalue weighted by Gasteiger charge is -2.61. The van der Waals surface area contributed by atoms with E-state index in [4.69, 9.17) is 4.74 Å². The first-order chi connectivity index (χ1) is 19.6. The summed E-state index contributed by atoms with van der Waals surface area (Å²) in [4.78, 5) is 12.7. The number of rotatable bonds is 15. The number of esters is 1. The van der Waals surface area contributed by atoms with Gasteiger partial charge in [-0.2, -0.15) is 0 Å². The van der Waals surface area contributed by atoms with Crippen LogP contribution in [0.25, 0.3) is 0 Å². The highest BCUT2D eigenvalue weighted by Gasteiger charge is 2.60. The Hall–Kier alpha value is -0.530. The number of hydrogen-bond acceptors (Lipinski definition) is 2. The van der Waals surface area contributed by atoms with E-state index in [-0.39, 0.29) is 12.1 Å². The summed E-state index contributed by atoms with van der Waals surface area (Å²) in [6.07, 6.45) is 26.1. The van der Waals surface area contributed by atoms with E-state index < -0.39 is 0 Å². The van der Waals surface area contributed by atoms with Crippen LogP contribution in [0.2, 0.25) is 0 Å². The van der Waals surface area contributed by atoms with E-state index in [1.165, 1.54) is 103 Å². The normalized spacial score (nSPS) is 38.1. The van der Waals surface area contributed by atoms with Crippen LogP contribution >= 0.6 is 0 Å². The molecule has 238 valence electrons. The molecule has 0 aromatic heterocycles. The third-order valence-corrected chi connectivity index (χ3v) is 14.1. The maximum absolute atomic E-state index is 12.7. The molecule has 0 spiro atoms. The van der Waals surface area contributed by atoms with Crippen LogP contribution in [0.3, 0.4) is 0 Å². The summed E-state index contributed by atoms with van der Waals surface area (Å²) in [5, 5.41) is 0. The van der Waals surface area contributed by atoms with E-state index in [2.05, 4.69) is 48.5 Å². The lowest BCUT2D eigenvalue weighted by atomic mass is 9.44. The lowest BCUT2D eigenvalue weighted by Crippen LogP contribution is -2.54. The summed E-state index contributed by atoms with van der Waals surface area (Å²) in [6, 6.07) is 0. The average molecular weight is 571 g/mol. The monoisotopic (exact) mass is 571 g/mol. The van der Waals surface area contributed by atoms with Gasteiger partial charge in [0.1, 0.15) is 6.10 Å². The predicted octanol–water partition coefficient (Wildman–Crippen LogP) is 11.8. The van der Waals surface area contributed by atoms with Crippen LogP contribution in [-0.2, 0) is 9.53 Å². The second kappa shape index (κ2) is 15.0. The van der Waals surface area contributed by atoms with Crippen molar-refractivity contribution in [1.29, 1.82) is 0 Å². The first kappa shape index (κ1) is 33.4. The van der Waals surface area contributed by atoms with Crippen LogP contribution in [0.1, 0.15) is 177 Å². The largest absolute Gasteiger partial charge is 0.462 e. The molecule has 4 rings (SSSR count). The highest BCUT2D eigenvalue weighted by atomic mass is 16.5. The fourth-order valence-electron chi connectivity index (χ4n) is 11.5. The van der Waals surface area contributed by atoms with Gasteiger partial charge in [-0.25, -0.2) is 0 Å². The molecule has 0 bridgehead atoms. The smallest absolute Gasteiger partial charge is 0.306 e. The molecular weight excluding hydrogens is 500 g/mol. The maximum Gasteiger partial charge on any atom is 0.306 e. The number of carbonyl (C=O) groups is 1. The highest BCUT2D eigenvalue weighted by Crippen LogP contribution is 2.68. The van der Waals surface area contributed by atoms with Crippen molar-refractivity contribution in [3.8, 4) is 0 Å². The zero-order valence-corrected chi connectivity index (χ0v) is 28.7. The summed E-state index contributed by atoms with van der Waals surface area (Å²) in [5.74, 6) is 7.21. The van der Waals surface area contributed by atoms with Crippen molar-refractivity contribution >= 4 is 5.97 Å². The number of ether oxygens (including phenoxy) is 1. The van der Waals surface area contributed by atoms with Gasteiger partial charge in [-0.1, -0.05) is 99.8 Å². The van der Waals surface area contributed by atoms with Crippen molar-refractivity contribution in [3.63, 3.8) is 0 Å². The van der Waals surface area contributed by atoms with Crippen LogP contribution in [-0.4, -0.2) is 12.1 Å². The van der Waals surface area contributed by atoms with Crippen molar-refractivity contribution in [2.45, 2.75) is 183 Å². The third-order valence-electron chi connectivity index (χ3n) is 14.1. The fraction of sp³-hybridized carbons (Fsp3) is 0.974. The molecule has 0 aromatic rings. The summed E-state index contributed by atoms with van der Waals surface area (Å²) < 4.78 is 6.12. The Morgan fingerprint density at radius 3 is 2.17 bits per heavy atom. The van der Waals surface area contributed by atoms with E-state index in [1.807, 2.05) is 0 Å². The molecule has 0 saturated heterocycles. The molecule has 2 unspecified atom stereocenters. The molecule has 10 atom stereocenters. The topological polar surface area (TPSA) is 26.3 Å². The molecule has 0 aromatic carbocycles. The van der Waals surface area contributed by atoms with E-state index in [0.29, 0.717) is 17.3 Å². The quantitative estimate of drug-likeness (QED) is 0.145. The maximum atomic E-state index is 12.7. The SMILES string of the molecule is CCCCCCCCCC(=O)OC1CC[C@@]2(C)C(CC[C@H]3[C@@H]4CC[C@H]([C@H](C)CC[C@@H](CC)C(C)C)[C@@]4(C)CC[C@@H]32)C1. The molecule has 2 nitrogen and oxygen atoms in total. The summed E-state index contributed by atoms with van der Waals surface area (Å²) >= 11 is 0. The molecule has 4 aliphatic rings. The summed E-state index contributed by atoms with van der Waals surface area (Å²) in [6.45, 7) is 17.5. The standard InChI is InChI=1S/C39H70O2/c1-8-10-11-12-13-14-15-16-37(40)41-32-23-25-38(6)31(27-32)19-20-33-35-22-21-34(39(35,7)26-24-36(33)38)29(5)17-18-30(9-2)28(3)4/h28-36H,8-27H2,1-7H3/t29-,30-,31?,32?,33+,34-,35+,36+,38+,39-/m1/s1. The third kappa shape index (κ3) is 7.59. The van der Waals surface area contributed by atoms with Gasteiger partial charge in [0.05, 0.1) is 0 Å². The van der Waals surface area contributed by atoms with Gasteiger partial charge in [0.2, 0.25) is 0 Å². The second-order valence-corrected chi connectivity index (χ2v) is 16.6. The van der Waals surface area contributed by atoms with Gasteiger partial charge in [-0.05, 0) is 129 Å². The number of hydrogen-bond donors (Lipinski definition) is 0. The van der Waals surface area contributed by atoms with Gasteiger partial charge in [-0.3, -0.25) is 4.79 Å². The Morgan fingerprint density at radius 1 is 0.780 bits per heavy atom. The first-order valence-corrected chi connectivity index (χ1v) is 18.8. The molecular formula is C39H70O2. The minimum atomic E-state index is 0.0825. The fourth-order valence-corrected chi connectivity index (χ4v) is 11.5. The summed E-state index contributed by atoms with van der Waals surface area (Å²) in [7, 11) is 0. The van der Waals surface area contributed by atoms with Crippen molar-refractivity contribution in [2.24, 2.45) is 58.2 Å². The van der Waals surface area contributed by atoms with Crippen LogP contribution in [0.5, 0.6) is 0 Å². The number of unbranched alkanes of at least 4 members (excludes halogenated alkanes) is 6. The van der Waals surface area contributed by atoms with Gasteiger partial charge in [0.25, 0.3) is 0 Å². The summed E-state index contributed by atoms with van der Waals surface area (Å²) in [5.41, 5.74) is 1.05. The Bertz CT molecular complexity index is 803. The number of carbonyl (C=O) groups excluding carboxylic acids is 1. The molecule has 0 radical (unpaired) electrons. The van der Waals surface area contributed by atoms with E-state index in [9.17, 15) is 4.79 Å². The van der Waals surface area contributed by atoms with Gasteiger partial charge in [0.15, 0.2) is 0 Å². The Morgan fingerprint density at radius 2 is 1.46 bits per heavy atom. The molecule has 41 heavy (non-hydrogen) atoms. The zero-order valence-electron chi connectivity index (χ0n) is 28.7. The second-order valence-electron chi connectivity index (χ2n) is 16.6. The zero-order chi connectivity index (χ0) is 29.6. The molecule has 0 aliphatic heterocycles. The Labute approximate surface area is 256 Å². The van der Waals surface area contributed by atoms with E-state index in [1.54, 1.807) is 0 Å². The first-order valence-electron chi connectivity index (χ1n) is 18.8. The minimum Gasteiger partial charge on any atom is -0.462 e. The minimum absolute atomic E-state index is 0.0825. The Balaban J connectivity index is 1.27. The molecule has 2 heteroatoms. The molecule has 0 heterocycles. The molecule has 0 amide bonds. The van der Waals surface area contributed by atoms with E-state index in [0.717, 1.165) is 66.6 Å². The lowest BCUT2D eigenvalue weighted by molar-refractivity contribution is -0.162. The van der Waals surface area contributed by atoms with Crippen LogP contribution in [0.15, 0.2) is 0 Å². The molecule has 4 fully saturated rings. The van der Waals surface area contributed by atoms with Crippen molar-refractivity contribution in [2.75, 3.05) is 0 Å². The van der Waals surface area contributed by atoms with Crippen LogP contribution in [0, 0.1) is 58.2 Å². The van der Waals surface area contributed by atoms with Gasteiger partial charge in [0, 0.05) is 6.42 Å². The van der Waals surface area contributed by atoms with Crippen molar-refractivity contribution < 1.29 is 9.53 Å². The van der Waals surface area contributed by atoms with Gasteiger partial charge >= 0.3 is 5.97 Å². The molecule has 4 aliphatic carbocycles. The number of fused-ring (bicyclic) bond motifs is 5. The van der Waals surface area contributed by atoms with E-state index >= 15 is 0 Å². The highest BCUT2D eigenvalue weighted by molar-refractivity contribution is 5.69. The Kier molecular flexibility index (Phi) is 12.2. The van der Waals surface area contributed by atoms with Gasteiger partial charge in [-0.15, -0.1) is 0 Å². The molecule has 0 N–H and O–H groups in total. The average Bonchev–Trinajstić information content (AvgIpc) is 3.30. The van der Waals surface area contributed by atoms with Crippen molar-refractivity contribution in [1.82, 2.24) is 0 Å². The molecule has 4 saturated carbocycles.